The first-order valence-corrected chi connectivity index (χ1v) is 12.1. The summed E-state index contributed by atoms with van der Waals surface area (Å²) in [6, 6.07) is 10.9. The molecule has 3 heterocycles. The number of nitrogens with zero attached hydrogens (tertiary/aromatic N) is 5. The summed E-state index contributed by atoms with van der Waals surface area (Å²) in [5, 5.41) is 6.51. The van der Waals surface area contributed by atoms with Gasteiger partial charge in [0.1, 0.15) is 12.0 Å². The van der Waals surface area contributed by atoms with Crippen molar-refractivity contribution < 1.29 is 18.3 Å². The lowest BCUT2D eigenvalue weighted by molar-refractivity contribution is -0.0234. The number of H-pyrrole nitrogens is 1. The van der Waals surface area contributed by atoms with Crippen LogP contribution in [0.3, 0.4) is 0 Å². The SMILES string of the molecule is Cc1cn([C@H]2CC(N=[N+]=[N-])[C@@H](COP(=O)(Nc3ccncc3)Oc3ccccc3)O2)c(=O)[nH]c1=O. The highest BCUT2D eigenvalue weighted by molar-refractivity contribution is 7.55. The molecule has 14 heteroatoms. The summed E-state index contributed by atoms with van der Waals surface area (Å²) in [7, 11) is -3.99. The van der Waals surface area contributed by atoms with Gasteiger partial charge in [-0.05, 0) is 36.7 Å². The molecule has 4 rings (SSSR count). The van der Waals surface area contributed by atoms with Crippen molar-refractivity contribution in [2.45, 2.75) is 31.7 Å². The number of hydrogen-bond donors (Lipinski definition) is 2. The highest BCUT2D eigenvalue weighted by atomic mass is 31.2. The maximum atomic E-state index is 13.6. The molecule has 13 nitrogen and oxygen atoms in total. The molecule has 1 saturated heterocycles. The van der Waals surface area contributed by atoms with E-state index in [4.69, 9.17) is 19.3 Å². The van der Waals surface area contributed by atoms with Crippen LogP contribution in [0.2, 0.25) is 0 Å². The zero-order valence-electron chi connectivity index (χ0n) is 18.6. The molecule has 1 aromatic carbocycles. The molecule has 35 heavy (non-hydrogen) atoms. The summed E-state index contributed by atoms with van der Waals surface area (Å²) in [5.41, 5.74) is 8.60. The molecule has 1 aliphatic heterocycles. The monoisotopic (exact) mass is 499 g/mol. The topological polar surface area (TPSA) is 173 Å². The predicted octanol–water partition coefficient (Wildman–Crippen LogP) is 3.52. The molecule has 1 fully saturated rings. The molecule has 4 atom stereocenters. The van der Waals surface area contributed by atoms with Crippen molar-refractivity contribution in [3.05, 3.63) is 97.9 Å². The lowest BCUT2D eigenvalue weighted by Crippen LogP contribution is -2.33. The van der Waals surface area contributed by atoms with Gasteiger partial charge >= 0.3 is 13.4 Å². The van der Waals surface area contributed by atoms with Crippen molar-refractivity contribution in [2.75, 3.05) is 11.7 Å². The molecule has 0 bridgehead atoms. The number of nitrogens with one attached hydrogen (secondary N) is 2. The van der Waals surface area contributed by atoms with E-state index in [2.05, 4.69) is 25.1 Å². The number of azide groups is 1. The highest BCUT2D eigenvalue weighted by Gasteiger charge is 2.39. The number of hydrogen-bond acceptors (Lipinski definition) is 8. The second-order valence-electron chi connectivity index (χ2n) is 7.66. The van der Waals surface area contributed by atoms with Gasteiger partial charge < -0.3 is 9.26 Å². The number of rotatable bonds is 9. The molecule has 2 aromatic heterocycles. The zero-order valence-corrected chi connectivity index (χ0v) is 19.4. The van der Waals surface area contributed by atoms with Crippen LogP contribution >= 0.6 is 7.75 Å². The number of benzene rings is 1. The molecule has 0 radical (unpaired) electrons. The van der Waals surface area contributed by atoms with E-state index in [0.717, 1.165) is 0 Å². The van der Waals surface area contributed by atoms with E-state index in [1.165, 1.54) is 23.2 Å². The summed E-state index contributed by atoms with van der Waals surface area (Å²) in [6.45, 7) is 1.27. The normalized spacial score (nSPS) is 21.0. The van der Waals surface area contributed by atoms with E-state index in [1.54, 1.807) is 49.4 Å². The van der Waals surface area contributed by atoms with Crippen LogP contribution in [-0.4, -0.2) is 33.3 Å². The van der Waals surface area contributed by atoms with Crippen LogP contribution in [0.5, 0.6) is 5.75 Å². The van der Waals surface area contributed by atoms with E-state index in [-0.39, 0.29) is 13.0 Å². The van der Waals surface area contributed by atoms with Crippen LogP contribution < -0.4 is 20.9 Å². The van der Waals surface area contributed by atoms with E-state index >= 15 is 0 Å². The van der Waals surface area contributed by atoms with Crippen molar-refractivity contribution in [1.82, 2.24) is 14.5 Å². The van der Waals surface area contributed by atoms with Crippen LogP contribution in [0.15, 0.2) is 75.8 Å². The molecule has 0 amide bonds. The van der Waals surface area contributed by atoms with Crippen LogP contribution in [0.25, 0.3) is 10.4 Å². The van der Waals surface area contributed by atoms with Crippen molar-refractivity contribution >= 4 is 13.4 Å². The lowest BCUT2D eigenvalue weighted by Gasteiger charge is -2.23. The summed E-state index contributed by atoms with van der Waals surface area (Å²) >= 11 is 0. The van der Waals surface area contributed by atoms with E-state index < -0.39 is 37.4 Å². The Labute approximate surface area is 198 Å². The zero-order chi connectivity index (χ0) is 24.8. The van der Waals surface area contributed by atoms with Crippen molar-refractivity contribution in [3.63, 3.8) is 0 Å². The Morgan fingerprint density at radius 1 is 1.29 bits per heavy atom. The lowest BCUT2D eigenvalue weighted by atomic mass is 10.1. The Kier molecular flexibility index (Phi) is 7.33. The smallest absolute Gasteiger partial charge is 0.409 e. The van der Waals surface area contributed by atoms with Crippen LogP contribution in [0.4, 0.5) is 5.69 Å². The van der Waals surface area contributed by atoms with Gasteiger partial charge in [-0.15, -0.1) is 0 Å². The molecular formula is C21H22N7O6P. The predicted molar refractivity (Wildman–Crippen MR) is 126 cm³/mol. The standard InChI is InChI=1S/C21H22N7O6P/c1-14-12-28(21(30)24-20(14)29)19-11-17(25-27-22)18(33-19)13-32-35(31,26-15-7-9-23-10-8-15)34-16-5-3-2-4-6-16/h2-10,12,17-19H,11,13H2,1H3,(H,23,26,31)(H,24,29,30)/t17?,18-,19-,35?/m1/s1. The number of pyridine rings is 1. The van der Waals surface area contributed by atoms with Gasteiger partial charge in [0.2, 0.25) is 0 Å². The van der Waals surface area contributed by atoms with Gasteiger partial charge in [-0.25, -0.2) is 9.36 Å². The molecule has 0 aliphatic carbocycles. The van der Waals surface area contributed by atoms with Crippen molar-refractivity contribution in [3.8, 4) is 5.75 Å². The quantitative estimate of drug-likeness (QED) is 0.195. The maximum Gasteiger partial charge on any atom is 0.486 e. The third-order valence-electron chi connectivity index (χ3n) is 5.18. The fourth-order valence-corrected chi connectivity index (χ4v) is 4.85. The summed E-state index contributed by atoms with van der Waals surface area (Å²) in [5.74, 6) is 0.310. The minimum Gasteiger partial charge on any atom is -0.409 e. The molecule has 0 saturated carbocycles. The Balaban J connectivity index is 1.55. The minimum atomic E-state index is -3.99. The molecule has 2 N–H and O–H groups in total. The molecule has 3 aromatic rings. The average Bonchev–Trinajstić information content (AvgIpc) is 3.24. The second-order valence-corrected chi connectivity index (χ2v) is 9.32. The number of aryl methyl sites for hydroxylation is 1. The Morgan fingerprint density at radius 2 is 2.03 bits per heavy atom. The average molecular weight is 499 g/mol. The maximum absolute atomic E-state index is 13.6. The van der Waals surface area contributed by atoms with Gasteiger partial charge in [0, 0.05) is 41.2 Å². The fraction of sp³-hybridized carbons (Fsp3) is 0.286. The van der Waals surface area contributed by atoms with Gasteiger partial charge in [0.05, 0.1) is 18.8 Å². The molecule has 182 valence electrons. The summed E-state index contributed by atoms with van der Waals surface area (Å²) in [4.78, 5) is 33.0. The molecular weight excluding hydrogens is 477 g/mol. The van der Waals surface area contributed by atoms with Gasteiger partial charge in [-0.3, -0.25) is 28.9 Å². The van der Waals surface area contributed by atoms with Crippen LogP contribution in [0.1, 0.15) is 18.2 Å². The van der Waals surface area contributed by atoms with Crippen LogP contribution in [0, 0.1) is 6.92 Å². The number of aromatic amines is 1. The Hall–Kier alpha value is -3.89. The number of anilines is 1. The van der Waals surface area contributed by atoms with E-state index in [0.29, 0.717) is 17.0 Å². The highest BCUT2D eigenvalue weighted by Crippen LogP contribution is 2.49. The number of ether oxygens (including phenoxy) is 1. The molecule has 2 unspecified atom stereocenters. The summed E-state index contributed by atoms with van der Waals surface area (Å²) in [6.07, 6.45) is 2.87. The first-order chi connectivity index (χ1) is 16.9. The molecule has 1 aliphatic rings. The van der Waals surface area contributed by atoms with Crippen molar-refractivity contribution in [1.29, 1.82) is 0 Å². The summed E-state index contributed by atoms with van der Waals surface area (Å²) < 4.78 is 32.1. The Morgan fingerprint density at radius 3 is 2.74 bits per heavy atom. The fourth-order valence-electron chi connectivity index (χ4n) is 3.48. The van der Waals surface area contributed by atoms with Gasteiger partial charge in [-0.1, -0.05) is 23.3 Å². The van der Waals surface area contributed by atoms with E-state index in [1.807, 2.05) is 0 Å². The van der Waals surface area contributed by atoms with Crippen LogP contribution in [-0.2, 0) is 13.8 Å². The van der Waals surface area contributed by atoms with Gasteiger partial charge in [0.15, 0.2) is 0 Å². The van der Waals surface area contributed by atoms with Gasteiger partial charge in [0.25, 0.3) is 5.56 Å². The molecule has 0 spiro atoms. The van der Waals surface area contributed by atoms with Gasteiger partial charge in [-0.2, -0.15) is 0 Å². The van der Waals surface area contributed by atoms with Crippen molar-refractivity contribution in [2.24, 2.45) is 5.11 Å². The minimum absolute atomic E-state index is 0.144. The van der Waals surface area contributed by atoms with E-state index in [9.17, 15) is 14.2 Å². The Bertz CT molecular complexity index is 1330. The second kappa shape index (κ2) is 10.6. The number of para-hydroxylation sites is 1. The third kappa shape index (κ3) is 5.97. The third-order valence-corrected chi connectivity index (χ3v) is 6.66. The first kappa shape index (κ1) is 24.2. The largest absolute Gasteiger partial charge is 0.486 e. The number of aromatic nitrogens is 3. The first-order valence-electron chi connectivity index (χ1n) is 10.6.